The van der Waals surface area contributed by atoms with Gasteiger partial charge in [-0.2, -0.15) is 0 Å². The monoisotopic (exact) mass is 249 g/mol. The second-order valence-electron chi connectivity index (χ2n) is 5.24. The van der Waals surface area contributed by atoms with E-state index in [2.05, 4.69) is 18.9 Å². The van der Waals surface area contributed by atoms with Crippen LogP contribution in [0.25, 0.3) is 0 Å². The summed E-state index contributed by atoms with van der Waals surface area (Å²) < 4.78 is 13.0. The van der Waals surface area contributed by atoms with Gasteiger partial charge in [0.25, 0.3) is 0 Å². The molecule has 3 heteroatoms. The molecule has 0 saturated heterocycles. The van der Waals surface area contributed by atoms with Crippen molar-refractivity contribution in [3.8, 4) is 0 Å². The van der Waals surface area contributed by atoms with E-state index in [-0.39, 0.29) is 11.6 Å². The first kappa shape index (κ1) is 13.2. The van der Waals surface area contributed by atoms with E-state index in [0.29, 0.717) is 18.0 Å². The molecule has 0 aromatic heterocycles. The van der Waals surface area contributed by atoms with E-state index in [4.69, 9.17) is 0 Å². The van der Waals surface area contributed by atoms with Gasteiger partial charge in [0.1, 0.15) is 5.82 Å². The SMILES string of the molecule is CC(C1CC1)N(C)CCC(=O)c1cccc(F)c1. The van der Waals surface area contributed by atoms with Gasteiger partial charge < -0.3 is 4.90 Å². The van der Waals surface area contributed by atoms with E-state index in [9.17, 15) is 9.18 Å². The predicted molar refractivity (Wildman–Crippen MR) is 70.2 cm³/mol. The van der Waals surface area contributed by atoms with Crippen molar-refractivity contribution in [2.75, 3.05) is 13.6 Å². The zero-order valence-corrected chi connectivity index (χ0v) is 11.0. The molecule has 2 rings (SSSR count). The summed E-state index contributed by atoms with van der Waals surface area (Å²) in [6, 6.07) is 6.48. The molecule has 2 nitrogen and oxygen atoms in total. The third kappa shape index (κ3) is 3.39. The molecule has 1 aliphatic carbocycles. The minimum Gasteiger partial charge on any atom is -0.303 e. The molecule has 1 saturated carbocycles. The molecular weight excluding hydrogens is 229 g/mol. The van der Waals surface area contributed by atoms with Crippen molar-refractivity contribution >= 4 is 5.78 Å². The lowest BCUT2D eigenvalue weighted by molar-refractivity contribution is 0.0959. The zero-order valence-electron chi connectivity index (χ0n) is 11.0. The first-order valence-electron chi connectivity index (χ1n) is 6.57. The lowest BCUT2D eigenvalue weighted by Gasteiger charge is -2.24. The van der Waals surface area contributed by atoms with Crippen molar-refractivity contribution < 1.29 is 9.18 Å². The third-order valence-electron chi connectivity index (χ3n) is 3.84. The summed E-state index contributed by atoms with van der Waals surface area (Å²) in [4.78, 5) is 14.1. The fraction of sp³-hybridized carbons (Fsp3) is 0.533. The Bertz CT molecular complexity index is 428. The molecule has 1 aromatic carbocycles. The second-order valence-corrected chi connectivity index (χ2v) is 5.24. The van der Waals surface area contributed by atoms with Crippen LogP contribution in [0.1, 0.15) is 36.5 Å². The second kappa shape index (κ2) is 5.61. The number of halogens is 1. The van der Waals surface area contributed by atoms with Crippen molar-refractivity contribution in [2.45, 2.75) is 32.2 Å². The van der Waals surface area contributed by atoms with E-state index in [1.165, 1.54) is 25.0 Å². The van der Waals surface area contributed by atoms with Crippen molar-refractivity contribution in [1.82, 2.24) is 4.90 Å². The fourth-order valence-corrected chi connectivity index (χ4v) is 2.23. The van der Waals surface area contributed by atoms with Crippen LogP contribution in [0.5, 0.6) is 0 Å². The molecule has 0 heterocycles. The summed E-state index contributed by atoms with van der Waals surface area (Å²) in [5.41, 5.74) is 0.475. The quantitative estimate of drug-likeness (QED) is 0.722. The van der Waals surface area contributed by atoms with Gasteiger partial charge in [-0.25, -0.2) is 4.39 Å². The van der Waals surface area contributed by atoms with Gasteiger partial charge >= 0.3 is 0 Å². The van der Waals surface area contributed by atoms with Gasteiger partial charge in [-0.1, -0.05) is 12.1 Å². The molecule has 1 aromatic rings. The van der Waals surface area contributed by atoms with Crippen LogP contribution in [0.15, 0.2) is 24.3 Å². The topological polar surface area (TPSA) is 20.3 Å². The molecule has 1 atom stereocenters. The van der Waals surface area contributed by atoms with Gasteiger partial charge in [-0.15, -0.1) is 0 Å². The average Bonchev–Trinajstić information content (AvgIpc) is 3.18. The van der Waals surface area contributed by atoms with Gasteiger partial charge in [0.05, 0.1) is 0 Å². The normalized spacial score (nSPS) is 16.9. The summed E-state index contributed by atoms with van der Waals surface area (Å²) >= 11 is 0. The highest BCUT2D eigenvalue weighted by Gasteiger charge is 2.30. The van der Waals surface area contributed by atoms with E-state index in [1.54, 1.807) is 12.1 Å². The number of hydrogen-bond donors (Lipinski definition) is 0. The van der Waals surface area contributed by atoms with Crippen LogP contribution in [0.2, 0.25) is 0 Å². The van der Waals surface area contributed by atoms with Crippen LogP contribution in [0, 0.1) is 11.7 Å². The number of Topliss-reactive ketones (excluding diaryl/α,β-unsaturated/α-hetero) is 1. The van der Waals surface area contributed by atoms with Crippen molar-refractivity contribution in [2.24, 2.45) is 5.92 Å². The minimum atomic E-state index is -0.347. The standard InChI is InChI=1S/C15H20FNO/c1-11(12-6-7-12)17(2)9-8-15(18)13-4-3-5-14(16)10-13/h3-5,10-12H,6-9H2,1-2H3. The number of nitrogens with zero attached hydrogens (tertiary/aromatic N) is 1. The summed E-state index contributed by atoms with van der Waals surface area (Å²) in [6.07, 6.45) is 3.07. The Balaban J connectivity index is 1.84. The first-order chi connectivity index (χ1) is 8.58. The molecule has 0 N–H and O–H groups in total. The highest BCUT2D eigenvalue weighted by Crippen LogP contribution is 2.34. The zero-order chi connectivity index (χ0) is 13.1. The van der Waals surface area contributed by atoms with E-state index >= 15 is 0 Å². The third-order valence-corrected chi connectivity index (χ3v) is 3.84. The van der Waals surface area contributed by atoms with Gasteiger partial charge in [-0.05, 0) is 44.9 Å². The van der Waals surface area contributed by atoms with E-state index < -0.39 is 0 Å². The fourth-order valence-electron chi connectivity index (χ4n) is 2.23. The van der Waals surface area contributed by atoms with Crippen LogP contribution < -0.4 is 0 Å². The highest BCUT2D eigenvalue weighted by molar-refractivity contribution is 5.96. The summed E-state index contributed by atoms with van der Waals surface area (Å²) in [6.45, 7) is 2.96. The van der Waals surface area contributed by atoms with Crippen LogP contribution in [0.4, 0.5) is 4.39 Å². The Morgan fingerprint density at radius 3 is 2.83 bits per heavy atom. The summed E-state index contributed by atoms with van der Waals surface area (Å²) in [7, 11) is 2.06. The van der Waals surface area contributed by atoms with Crippen LogP contribution in [-0.4, -0.2) is 30.3 Å². The maximum Gasteiger partial charge on any atom is 0.164 e. The Morgan fingerprint density at radius 2 is 2.22 bits per heavy atom. The molecule has 1 fully saturated rings. The number of carbonyl (C=O) groups is 1. The van der Waals surface area contributed by atoms with Crippen molar-refractivity contribution in [3.63, 3.8) is 0 Å². The van der Waals surface area contributed by atoms with E-state index in [1.807, 2.05) is 0 Å². The smallest absolute Gasteiger partial charge is 0.164 e. The Kier molecular flexibility index (Phi) is 4.12. The van der Waals surface area contributed by atoms with E-state index in [0.717, 1.165) is 12.5 Å². The maximum absolute atomic E-state index is 13.0. The summed E-state index contributed by atoms with van der Waals surface area (Å²) in [5.74, 6) is 0.476. The number of hydrogen-bond acceptors (Lipinski definition) is 2. The Hall–Kier alpha value is -1.22. The molecule has 98 valence electrons. The van der Waals surface area contributed by atoms with Crippen LogP contribution >= 0.6 is 0 Å². The molecule has 18 heavy (non-hydrogen) atoms. The Labute approximate surface area is 108 Å². The largest absolute Gasteiger partial charge is 0.303 e. The molecule has 1 aliphatic rings. The predicted octanol–water partition coefficient (Wildman–Crippen LogP) is 3.13. The van der Waals surface area contributed by atoms with Crippen molar-refractivity contribution in [1.29, 1.82) is 0 Å². The minimum absolute atomic E-state index is 0.0179. The Morgan fingerprint density at radius 1 is 1.50 bits per heavy atom. The van der Waals surface area contributed by atoms with Crippen LogP contribution in [-0.2, 0) is 0 Å². The number of rotatable bonds is 6. The van der Waals surface area contributed by atoms with Gasteiger partial charge in [0.2, 0.25) is 0 Å². The molecule has 0 spiro atoms. The first-order valence-corrected chi connectivity index (χ1v) is 6.57. The molecule has 1 unspecified atom stereocenters. The molecule has 0 bridgehead atoms. The molecule has 0 radical (unpaired) electrons. The van der Waals surface area contributed by atoms with Gasteiger partial charge in [0, 0.05) is 24.6 Å². The number of benzene rings is 1. The summed E-state index contributed by atoms with van der Waals surface area (Å²) in [5, 5.41) is 0. The molecular formula is C15H20FNO. The number of carbonyl (C=O) groups excluding carboxylic acids is 1. The lowest BCUT2D eigenvalue weighted by atomic mass is 10.1. The average molecular weight is 249 g/mol. The highest BCUT2D eigenvalue weighted by atomic mass is 19.1. The number of ketones is 1. The maximum atomic E-state index is 13.0. The van der Waals surface area contributed by atoms with Crippen molar-refractivity contribution in [3.05, 3.63) is 35.6 Å². The molecule has 0 amide bonds. The van der Waals surface area contributed by atoms with Gasteiger partial charge in [-0.3, -0.25) is 4.79 Å². The lowest BCUT2D eigenvalue weighted by Crippen LogP contribution is -2.32. The van der Waals surface area contributed by atoms with Crippen LogP contribution in [0.3, 0.4) is 0 Å². The van der Waals surface area contributed by atoms with Gasteiger partial charge in [0.15, 0.2) is 5.78 Å². The molecule has 0 aliphatic heterocycles.